The molecule has 0 atom stereocenters. The van der Waals surface area contributed by atoms with Crippen molar-refractivity contribution < 1.29 is 9.59 Å². The quantitative estimate of drug-likeness (QED) is 0.855. The van der Waals surface area contributed by atoms with Crippen LogP contribution in [-0.2, 0) is 4.79 Å². The smallest absolute Gasteiger partial charge is 0.254 e. The summed E-state index contributed by atoms with van der Waals surface area (Å²) in [4.78, 5) is 23.9. The van der Waals surface area contributed by atoms with E-state index in [1.54, 1.807) is 19.2 Å². The van der Waals surface area contributed by atoms with Gasteiger partial charge in [0.05, 0.1) is 6.54 Å². The summed E-state index contributed by atoms with van der Waals surface area (Å²) < 4.78 is 0. The van der Waals surface area contributed by atoms with Gasteiger partial charge in [0.2, 0.25) is 5.91 Å². The second-order valence-electron chi connectivity index (χ2n) is 4.40. The maximum atomic E-state index is 11.9. The fourth-order valence-corrected chi connectivity index (χ4v) is 1.54. The number of carbonyl (C=O) groups excluding carboxylic acids is 2. The maximum Gasteiger partial charge on any atom is 0.254 e. The maximum absolute atomic E-state index is 11.9. The van der Waals surface area contributed by atoms with Crippen molar-refractivity contribution in [1.29, 1.82) is 0 Å². The first-order valence-electron chi connectivity index (χ1n) is 5.55. The van der Waals surface area contributed by atoms with Crippen LogP contribution in [0.15, 0.2) is 24.3 Å². The van der Waals surface area contributed by atoms with Crippen molar-refractivity contribution in [2.24, 2.45) is 5.73 Å². The number of hydrogen-bond donors (Lipinski definition) is 1. The number of amides is 2. The first-order valence-corrected chi connectivity index (χ1v) is 5.55. The molecule has 0 heterocycles. The Balaban J connectivity index is 2.79. The Morgan fingerprint density at radius 3 is 2.18 bits per heavy atom. The molecule has 1 aromatic carbocycles. The van der Waals surface area contributed by atoms with Gasteiger partial charge in [-0.2, -0.15) is 0 Å². The van der Waals surface area contributed by atoms with Crippen LogP contribution in [0.1, 0.15) is 35.7 Å². The van der Waals surface area contributed by atoms with Gasteiger partial charge in [-0.25, -0.2) is 0 Å². The van der Waals surface area contributed by atoms with Gasteiger partial charge in [-0.05, 0) is 23.6 Å². The van der Waals surface area contributed by atoms with Gasteiger partial charge in [0, 0.05) is 12.6 Å². The van der Waals surface area contributed by atoms with Crippen molar-refractivity contribution in [2.75, 3.05) is 13.6 Å². The summed E-state index contributed by atoms with van der Waals surface area (Å²) in [6.45, 7) is 4.12. The molecule has 4 heteroatoms. The molecule has 0 aliphatic heterocycles. The van der Waals surface area contributed by atoms with E-state index >= 15 is 0 Å². The van der Waals surface area contributed by atoms with Gasteiger partial charge < -0.3 is 10.6 Å². The van der Waals surface area contributed by atoms with Crippen LogP contribution in [0.5, 0.6) is 0 Å². The lowest BCUT2D eigenvalue weighted by Crippen LogP contribution is -2.35. The Bertz CT molecular complexity index is 410. The minimum absolute atomic E-state index is 0.0647. The second-order valence-corrected chi connectivity index (χ2v) is 4.40. The van der Waals surface area contributed by atoms with E-state index in [4.69, 9.17) is 5.73 Å². The third kappa shape index (κ3) is 3.59. The molecule has 0 aliphatic rings. The molecule has 0 spiro atoms. The number of hydrogen-bond acceptors (Lipinski definition) is 2. The van der Waals surface area contributed by atoms with E-state index in [0.29, 0.717) is 11.5 Å². The van der Waals surface area contributed by atoms with Crippen molar-refractivity contribution in [3.8, 4) is 0 Å². The Morgan fingerprint density at radius 2 is 1.76 bits per heavy atom. The summed E-state index contributed by atoms with van der Waals surface area (Å²) in [6, 6.07) is 7.40. The monoisotopic (exact) mass is 234 g/mol. The molecule has 1 aromatic rings. The highest BCUT2D eigenvalue weighted by Crippen LogP contribution is 2.15. The van der Waals surface area contributed by atoms with Crippen molar-refractivity contribution in [3.63, 3.8) is 0 Å². The molecule has 4 nitrogen and oxygen atoms in total. The predicted octanol–water partition coefficient (Wildman–Crippen LogP) is 1.37. The average molecular weight is 234 g/mol. The zero-order chi connectivity index (χ0) is 13.0. The largest absolute Gasteiger partial charge is 0.368 e. The molecule has 0 radical (unpaired) electrons. The lowest BCUT2D eigenvalue weighted by atomic mass is 10.0. The summed E-state index contributed by atoms with van der Waals surface area (Å²) in [5, 5.41) is 0. The molecule has 0 unspecified atom stereocenters. The van der Waals surface area contributed by atoms with Crippen molar-refractivity contribution in [2.45, 2.75) is 19.8 Å². The number of primary amides is 1. The summed E-state index contributed by atoms with van der Waals surface area (Å²) in [7, 11) is 1.56. The Morgan fingerprint density at radius 1 is 1.24 bits per heavy atom. The first kappa shape index (κ1) is 13.2. The molecule has 0 aliphatic carbocycles. The molecule has 0 aromatic heterocycles. The zero-order valence-corrected chi connectivity index (χ0v) is 10.4. The summed E-state index contributed by atoms with van der Waals surface area (Å²) in [6.07, 6.45) is 0. The first-order chi connectivity index (χ1) is 7.91. The van der Waals surface area contributed by atoms with Crippen molar-refractivity contribution in [1.82, 2.24) is 4.90 Å². The molecule has 0 saturated heterocycles. The Hall–Kier alpha value is -1.84. The molecule has 2 N–H and O–H groups in total. The van der Waals surface area contributed by atoms with Crippen LogP contribution >= 0.6 is 0 Å². The lowest BCUT2D eigenvalue weighted by Gasteiger charge is -2.15. The molecule has 1 rings (SSSR count). The van der Waals surface area contributed by atoms with Crippen LogP contribution in [0.25, 0.3) is 0 Å². The SMILES string of the molecule is CC(C)c1ccc(C(=O)N(C)CC(N)=O)cc1. The standard InChI is InChI=1S/C13H18N2O2/c1-9(2)10-4-6-11(7-5-10)13(17)15(3)8-12(14)16/h4-7,9H,8H2,1-3H3,(H2,14,16). The van der Waals surface area contributed by atoms with Gasteiger partial charge in [-0.15, -0.1) is 0 Å². The molecular weight excluding hydrogens is 216 g/mol. The summed E-state index contributed by atoms with van der Waals surface area (Å²) in [5.41, 5.74) is 6.79. The zero-order valence-electron chi connectivity index (χ0n) is 10.4. The van der Waals surface area contributed by atoms with E-state index in [-0.39, 0.29) is 12.5 Å². The van der Waals surface area contributed by atoms with Gasteiger partial charge in [-0.1, -0.05) is 26.0 Å². The van der Waals surface area contributed by atoms with Gasteiger partial charge in [0.15, 0.2) is 0 Å². The highest BCUT2D eigenvalue weighted by Gasteiger charge is 2.13. The average Bonchev–Trinajstić information content (AvgIpc) is 2.27. The van der Waals surface area contributed by atoms with Crippen molar-refractivity contribution >= 4 is 11.8 Å². The van der Waals surface area contributed by atoms with Crippen molar-refractivity contribution in [3.05, 3.63) is 35.4 Å². The van der Waals surface area contributed by atoms with E-state index in [0.717, 1.165) is 0 Å². The highest BCUT2D eigenvalue weighted by atomic mass is 16.2. The second kappa shape index (κ2) is 5.48. The fraction of sp³-hybridized carbons (Fsp3) is 0.385. The summed E-state index contributed by atoms with van der Waals surface area (Å²) >= 11 is 0. The van der Waals surface area contributed by atoms with E-state index in [2.05, 4.69) is 13.8 Å². The molecule has 0 saturated carbocycles. The normalized spacial score (nSPS) is 10.4. The van der Waals surface area contributed by atoms with Crippen LogP contribution in [0.3, 0.4) is 0 Å². The highest BCUT2D eigenvalue weighted by molar-refractivity contribution is 5.96. The molecule has 2 amide bonds. The topological polar surface area (TPSA) is 63.4 Å². The lowest BCUT2D eigenvalue weighted by molar-refractivity contribution is -0.118. The Kier molecular flexibility index (Phi) is 4.26. The van der Waals surface area contributed by atoms with Gasteiger partial charge in [0.25, 0.3) is 5.91 Å². The molecular formula is C13H18N2O2. The van der Waals surface area contributed by atoms with E-state index in [1.807, 2.05) is 12.1 Å². The third-order valence-electron chi connectivity index (χ3n) is 2.56. The minimum Gasteiger partial charge on any atom is -0.368 e. The molecule has 92 valence electrons. The molecule has 17 heavy (non-hydrogen) atoms. The van der Waals surface area contributed by atoms with E-state index in [1.165, 1.54) is 10.5 Å². The number of nitrogens with two attached hydrogens (primary N) is 1. The fourth-order valence-electron chi connectivity index (χ4n) is 1.54. The van der Waals surface area contributed by atoms with Gasteiger partial charge in [0.1, 0.15) is 0 Å². The number of benzene rings is 1. The Labute approximate surface area is 101 Å². The van der Waals surface area contributed by atoms with Crippen LogP contribution in [-0.4, -0.2) is 30.3 Å². The van der Waals surface area contributed by atoms with Crippen LogP contribution in [0.4, 0.5) is 0 Å². The predicted molar refractivity (Wildman–Crippen MR) is 66.7 cm³/mol. The number of rotatable bonds is 4. The molecule has 0 bridgehead atoms. The summed E-state index contributed by atoms with van der Waals surface area (Å²) in [5.74, 6) is -0.277. The number of nitrogens with zero attached hydrogens (tertiary/aromatic N) is 1. The van der Waals surface area contributed by atoms with E-state index < -0.39 is 5.91 Å². The van der Waals surface area contributed by atoms with Crippen LogP contribution in [0, 0.1) is 0 Å². The minimum atomic E-state index is -0.514. The number of likely N-dealkylation sites (N-methyl/N-ethyl adjacent to an activating group) is 1. The third-order valence-corrected chi connectivity index (χ3v) is 2.56. The number of carbonyl (C=O) groups is 2. The van der Waals surface area contributed by atoms with Crippen LogP contribution < -0.4 is 5.73 Å². The van der Waals surface area contributed by atoms with E-state index in [9.17, 15) is 9.59 Å². The van der Waals surface area contributed by atoms with Crippen LogP contribution in [0.2, 0.25) is 0 Å². The van der Waals surface area contributed by atoms with Gasteiger partial charge >= 0.3 is 0 Å². The molecule has 0 fully saturated rings. The van der Waals surface area contributed by atoms with Gasteiger partial charge in [-0.3, -0.25) is 9.59 Å².